The Labute approximate surface area is 170 Å². The molecule has 0 bridgehead atoms. The smallest absolute Gasteiger partial charge is 0.262 e. The van der Waals surface area contributed by atoms with Crippen molar-refractivity contribution in [3.8, 4) is 16.9 Å². The molecule has 2 heterocycles. The molecule has 0 aliphatic rings. The van der Waals surface area contributed by atoms with E-state index < -0.39 is 0 Å². The SMILES string of the molecule is COc1ccccc1-c1ccnc2nc(Nc3cc(Cl)cc(Cl)c3)[nH]c(=O)c12. The normalized spacial score (nSPS) is 10.8. The van der Waals surface area contributed by atoms with Crippen LogP contribution in [0.4, 0.5) is 11.6 Å². The molecule has 0 amide bonds. The number of fused-ring (bicyclic) bond motifs is 1. The number of nitrogens with one attached hydrogen (secondary N) is 2. The largest absolute Gasteiger partial charge is 0.496 e. The van der Waals surface area contributed by atoms with Crippen molar-refractivity contribution in [2.75, 3.05) is 12.4 Å². The van der Waals surface area contributed by atoms with Crippen LogP contribution >= 0.6 is 23.2 Å². The van der Waals surface area contributed by atoms with Gasteiger partial charge in [0.05, 0.1) is 12.5 Å². The highest BCUT2D eigenvalue weighted by molar-refractivity contribution is 6.35. The minimum atomic E-state index is -0.324. The Morgan fingerprint density at radius 1 is 1.04 bits per heavy atom. The molecule has 0 aliphatic carbocycles. The molecule has 140 valence electrons. The van der Waals surface area contributed by atoms with Gasteiger partial charge in [0.25, 0.3) is 5.56 Å². The summed E-state index contributed by atoms with van der Waals surface area (Å²) in [4.78, 5) is 24.3. The molecule has 0 fully saturated rings. The van der Waals surface area contributed by atoms with Gasteiger partial charge < -0.3 is 10.1 Å². The van der Waals surface area contributed by atoms with Crippen LogP contribution in [0.2, 0.25) is 10.0 Å². The number of pyridine rings is 1. The molecule has 8 heteroatoms. The van der Waals surface area contributed by atoms with E-state index in [4.69, 9.17) is 27.9 Å². The average Bonchev–Trinajstić information content (AvgIpc) is 2.66. The van der Waals surface area contributed by atoms with E-state index in [9.17, 15) is 4.79 Å². The molecular weight excluding hydrogens is 399 g/mol. The second kappa shape index (κ2) is 7.50. The molecule has 6 nitrogen and oxygen atoms in total. The van der Waals surface area contributed by atoms with Crippen LogP contribution in [0.5, 0.6) is 5.75 Å². The summed E-state index contributed by atoms with van der Waals surface area (Å²) in [5.41, 5.74) is 2.05. The van der Waals surface area contributed by atoms with Gasteiger partial charge in [0.2, 0.25) is 5.95 Å². The number of nitrogens with zero attached hydrogens (tertiary/aromatic N) is 2. The molecule has 0 aliphatic heterocycles. The van der Waals surface area contributed by atoms with Crippen molar-refractivity contribution in [2.24, 2.45) is 0 Å². The molecule has 4 aromatic rings. The number of ether oxygens (including phenoxy) is 1. The van der Waals surface area contributed by atoms with Crippen LogP contribution in [-0.4, -0.2) is 22.1 Å². The first kappa shape index (κ1) is 18.3. The van der Waals surface area contributed by atoms with Gasteiger partial charge in [0, 0.05) is 33.1 Å². The maximum absolute atomic E-state index is 12.8. The van der Waals surface area contributed by atoms with Crippen LogP contribution in [0.1, 0.15) is 0 Å². The van der Waals surface area contributed by atoms with E-state index in [0.29, 0.717) is 38.1 Å². The second-order valence-corrected chi connectivity index (χ2v) is 6.83. The Bertz CT molecular complexity index is 1220. The number of aromatic amines is 1. The summed E-state index contributed by atoms with van der Waals surface area (Å²) >= 11 is 12.0. The average molecular weight is 413 g/mol. The van der Waals surface area contributed by atoms with Gasteiger partial charge in [0.15, 0.2) is 5.65 Å². The van der Waals surface area contributed by atoms with Gasteiger partial charge in [-0.1, -0.05) is 41.4 Å². The first-order valence-electron chi connectivity index (χ1n) is 8.30. The van der Waals surface area contributed by atoms with Gasteiger partial charge in [-0.25, -0.2) is 4.98 Å². The highest BCUT2D eigenvalue weighted by Gasteiger charge is 2.14. The summed E-state index contributed by atoms with van der Waals surface area (Å²) in [5.74, 6) is 0.894. The van der Waals surface area contributed by atoms with E-state index in [1.165, 1.54) is 0 Å². The highest BCUT2D eigenvalue weighted by atomic mass is 35.5. The van der Waals surface area contributed by atoms with E-state index in [0.717, 1.165) is 5.56 Å². The van der Waals surface area contributed by atoms with Crippen LogP contribution in [0.25, 0.3) is 22.2 Å². The molecule has 0 atom stereocenters. The molecule has 0 saturated heterocycles. The topological polar surface area (TPSA) is 79.9 Å². The van der Waals surface area contributed by atoms with Gasteiger partial charge in [0.1, 0.15) is 5.75 Å². The third-order valence-electron chi connectivity index (χ3n) is 4.13. The lowest BCUT2D eigenvalue weighted by Crippen LogP contribution is -2.13. The predicted molar refractivity (Wildman–Crippen MR) is 112 cm³/mol. The predicted octanol–water partition coefficient (Wildman–Crippen LogP) is 5.04. The fourth-order valence-corrected chi connectivity index (χ4v) is 3.50. The number of hydrogen-bond donors (Lipinski definition) is 2. The summed E-state index contributed by atoms with van der Waals surface area (Å²) in [5, 5.41) is 4.31. The van der Waals surface area contributed by atoms with Gasteiger partial charge in [-0.3, -0.25) is 9.78 Å². The third kappa shape index (κ3) is 3.52. The van der Waals surface area contributed by atoms with Gasteiger partial charge >= 0.3 is 0 Å². The zero-order valence-electron chi connectivity index (χ0n) is 14.7. The molecule has 28 heavy (non-hydrogen) atoms. The Kier molecular flexibility index (Phi) is 4.90. The molecule has 0 unspecified atom stereocenters. The number of benzene rings is 2. The summed E-state index contributed by atoms with van der Waals surface area (Å²) in [6.45, 7) is 0. The summed E-state index contributed by atoms with van der Waals surface area (Å²) in [6.07, 6.45) is 1.61. The Morgan fingerprint density at radius 3 is 2.54 bits per heavy atom. The number of para-hydroxylation sites is 1. The fraction of sp³-hybridized carbons (Fsp3) is 0.0500. The van der Waals surface area contributed by atoms with Crippen LogP contribution in [0.15, 0.2) is 59.5 Å². The van der Waals surface area contributed by atoms with Crippen LogP contribution in [-0.2, 0) is 0 Å². The van der Waals surface area contributed by atoms with Crippen molar-refractivity contribution in [3.63, 3.8) is 0 Å². The lowest BCUT2D eigenvalue weighted by molar-refractivity contribution is 0.416. The standard InChI is InChI=1S/C20H14Cl2N4O2/c1-28-16-5-3-2-4-14(16)15-6-7-23-18-17(15)19(27)26-20(25-18)24-13-9-11(21)8-12(22)10-13/h2-10H,1H3,(H2,23,24,25,26,27). The minimum Gasteiger partial charge on any atom is -0.496 e. The van der Waals surface area contributed by atoms with Crippen molar-refractivity contribution >= 4 is 45.9 Å². The van der Waals surface area contributed by atoms with Crippen molar-refractivity contribution in [1.82, 2.24) is 15.0 Å². The van der Waals surface area contributed by atoms with Crippen LogP contribution in [0, 0.1) is 0 Å². The molecule has 0 spiro atoms. The van der Waals surface area contributed by atoms with Crippen molar-refractivity contribution in [1.29, 1.82) is 0 Å². The fourth-order valence-electron chi connectivity index (χ4n) is 2.98. The molecule has 0 radical (unpaired) electrons. The maximum Gasteiger partial charge on any atom is 0.262 e. The van der Waals surface area contributed by atoms with Gasteiger partial charge in [-0.15, -0.1) is 0 Å². The van der Waals surface area contributed by atoms with E-state index >= 15 is 0 Å². The molecule has 2 aromatic carbocycles. The van der Waals surface area contributed by atoms with Crippen LogP contribution in [0.3, 0.4) is 0 Å². The third-order valence-corrected chi connectivity index (χ3v) is 4.57. The van der Waals surface area contributed by atoms with Crippen molar-refractivity contribution < 1.29 is 4.74 Å². The zero-order valence-corrected chi connectivity index (χ0v) is 16.2. The van der Waals surface area contributed by atoms with E-state index in [1.807, 2.05) is 24.3 Å². The lowest BCUT2D eigenvalue weighted by atomic mass is 10.0. The quantitative estimate of drug-likeness (QED) is 0.490. The van der Waals surface area contributed by atoms with E-state index in [-0.39, 0.29) is 11.5 Å². The Hall–Kier alpha value is -3.09. The number of hydrogen-bond acceptors (Lipinski definition) is 5. The summed E-state index contributed by atoms with van der Waals surface area (Å²) in [6, 6.07) is 14.2. The lowest BCUT2D eigenvalue weighted by Gasteiger charge is -2.11. The summed E-state index contributed by atoms with van der Waals surface area (Å²) in [7, 11) is 1.59. The number of rotatable bonds is 4. The van der Waals surface area contributed by atoms with Gasteiger partial charge in [-0.2, -0.15) is 4.98 Å². The van der Waals surface area contributed by atoms with Crippen LogP contribution < -0.4 is 15.6 Å². The number of anilines is 2. The Balaban J connectivity index is 1.84. The second-order valence-electron chi connectivity index (χ2n) is 5.96. The molecule has 4 rings (SSSR count). The monoisotopic (exact) mass is 412 g/mol. The Morgan fingerprint density at radius 2 is 1.79 bits per heavy atom. The molecule has 2 N–H and O–H groups in total. The molecular formula is C20H14Cl2N4O2. The molecule has 2 aromatic heterocycles. The number of methoxy groups -OCH3 is 1. The zero-order chi connectivity index (χ0) is 19.7. The van der Waals surface area contributed by atoms with Crippen molar-refractivity contribution in [3.05, 3.63) is 75.1 Å². The number of H-pyrrole nitrogens is 1. The maximum atomic E-state index is 12.8. The highest BCUT2D eigenvalue weighted by Crippen LogP contribution is 2.32. The van der Waals surface area contributed by atoms with Gasteiger partial charge in [-0.05, 0) is 30.3 Å². The molecule has 0 saturated carbocycles. The van der Waals surface area contributed by atoms with E-state index in [1.54, 1.807) is 37.6 Å². The minimum absolute atomic E-state index is 0.237. The van der Waals surface area contributed by atoms with Crippen molar-refractivity contribution in [2.45, 2.75) is 0 Å². The summed E-state index contributed by atoms with van der Waals surface area (Å²) < 4.78 is 5.42. The van der Waals surface area contributed by atoms with E-state index in [2.05, 4.69) is 20.3 Å². The first-order chi connectivity index (χ1) is 13.5. The number of halogens is 2. The first-order valence-corrected chi connectivity index (χ1v) is 9.06. The number of aromatic nitrogens is 3.